The third-order valence-electron chi connectivity index (χ3n) is 5.56. The molecule has 1 saturated heterocycles. The number of benzene rings is 3. The molecule has 166 valence electrons. The molecule has 0 saturated carbocycles. The number of hydrogen-bond donors (Lipinski definition) is 1. The highest BCUT2D eigenvalue weighted by Gasteiger charge is 2.61. The predicted molar refractivity (Wildman–Crippen MR) is 127 cm³/mol. The lowest BCUT2D eigenvalue weighted by Crippen LogP contribution is -2.50. The fourth-order valence-electron chi connectivity index (χ4n) is 4.21. The normalized spacial score (nSPS) is 19.3. The molecule has 0 radical (unpaired) electrons. The summed E-state index contributed by atoms with van der Waals surface area (Å²) in [6.07, 6.45) is 0. The molecule has 0 unspecified atom stereocenters. The summed E-state index contributed by atoms with van der Waals surface area (Å²) in [7, 11) is 0. The van der Waals surface area contributed by atoms with E-state index in [0.29, 0.717) is 27.6 Å². The average molecular weight is 482 g/mol. The molecular weight excluding hydrogens is 465 g/mol. The molecule has 3 aromatic carbocycles. The molecule has 3 aromatic rings. The van der Waals surface area contributed by atoms with Gasteiger partial charge >= 0.3 is 0 Å². The first-order valence-corrected chi connectivity index (χ1v) is 11.5. The van der Waals surface area contributed by atoms with Crippen molar-refractivity contribution in [1.82, 2.24) is 0 Å². The highest BCUT2D eigenvalue weighted by Crippen LogP contribution is 2.55. The first-order chi connectivity index (χ1) is 15.9. The molecule has 2 aliphatic rings. The standard InChI is InChI=1S/C24H17ClFN3O3S/c25-15-4-3-5-17(12-15)27-21(30)13-28-20-7-2-1-6-19(20)24(23(28)32)29(22(31)14-33-24)18-10-8-16(26)9-11-18/h1-12H,13-14H2,(H,27,30)/t24-/m1/s1. The molecule has 0 aromatic heterocycles. The van der Waals surface area contributed by atoms with E-state index in [9.17, 15) is 18.8 Å². The van der Waals surface area contributed by atoms with Crippen molar-refractivity contribution in [2.24, 2.45) is 0 Å². The van der Waals surface area contributed by atoms with Crippen molar-refractivity contribution in [3.8, 4) is 0 Å². The van der Waals surface area contributed by atoms with E-state index in [0.717, 1.165) is 0 Å². The third kappa shape index (κ3) is 3.55. The number of rotatable bonds is 4. The molecule has 1 atom stereocenters. The molecule has 2 heterocycles. The lowest BCUT2D eigenvalue weighted by Gasteiger charge is -2.33. The van der Waals surface area contributed by atoms with Crippen LogP contribution in [0.2, 0.25) is 5.02 Å². The summed E-state index contributed by atoms with van der Waals surface area (Å²) in [6.45, 7) is -0.240. The van der Waals surface area contributed by atoms with E-state index in [-0.39, 0.29) is 18.2 Å². The van der Waals surface area contributed by atoms with Gasteiger partial charge in [0.1, 0.15) is 12.4 Å². The smallest absolute Gasteiger partial charge is 0.269 e. The number of amides is 3. The quantitative estimate of drug-likeness (QED) is 0.599. The number of nitrogens with zero attached hydrogens (tertiary/aromatic N) is 2. The summed E-state index contributed by atoms with van der Waals surface area (Å²) in [4.78, 5) is 41.0. The van der Waals surface area contributed by atoms with Crippen LogP contribution in [0.4, 0.5) is 21.5 Å². The van der Waals surface area contributed by atoms with Crippen molar-refractivity contribution >= 4 is 58.1 Å². The van der Waals surface area contributed by atoms with Gasteiger partial charge in [-0.2, -0.15) is 0 Å². The topological polar surface area (TPSA) is 69.7 Å². The number of nitrogens with one attached hydrogen (secondary N) is 1. The lowest BCUT2D eigenvalue weighted by atomic mass is 10.0. The maximum atomic E-state index is 13.9. The van der Waals surface area contributed by atoms with Crippen LogP contribution >= 0.6 is 23.4 Å². The lowest BCUT2D eigenvalue weighted by molar-refractivity contribution is -0.124. The van der Waals surface area contributed by atoms with E-state index >= 15 is 0 Å². The van der Waals surface area contributed by atoms with Gasteiger partial charge in [0.15, 0.2) is 0 Å². The summed E-state index contributed by atoms with van der Waals surface area (Å²) in [6, 6.07) is 19.3. The fraction of sp³-hybridized carbons (Fsp3) is 0.125. The molecule has 5 rings (SSSR count). The Morgan fingerprint density at radius 2 is 1.82 bits per heavy atom. The van der Waals surface area contributed by atoms with Gasteiger partial charge in [-0.25, -0.2) is 4.39 Å². The molecule has 9 heteroatoms. The Hall–Kier alpha value is -3.36. The number of para-hydroxylation sites is 1. The molecular formula is C24H17ClFN3O3S. The maximum absolute atomic E-state index is 13.9. The Morgan fingerprint density at radius 1 is 1.06 bits per heavy atom. The Balaban J connectivity index is 1.51. The van der Waals surface area contributed by atoms with Crippen LogP contribution in [0.1, 0.15) is 5.56 Å². The van der Waals surface area contributed by atoms with Crippen LogP contribution in [0.15, 0.2) is 72.8 Å². The zero-order valence-corrected chi connectivity index (χ0v) is 18.7. The van der Waals surface area contributed by atoms with Crippen LogP contribution < -0.4 is 15.1 Å². The molecule has 1 spiro atoms. The summed E-state index contributed by atoms with van der Waals surface area (Å²) >= 11 is 7.19. The van der Waals surface area contributed by atoms with E-state index in [1.165, 1.54) is 45.8 Å². The second-order valence-electron chi connectivity index (χ2n) is 7.61. The third-order valence-corrected chi connectivity index (χ3v) is 7.18. The van der Waals surface area contributed by atoms with Gasteiger partial charge in [0.05, 0.1) is 11.4 Å². The predicted octanol–water partition coefficient (Wildman–Crippen LogP) is 4.40. The largest absolute Gasteiger partial charge is 0.324 e. The summed E-state index contributed by atoms with van der Waals surface area (Å²) in [5, 5.41) is 3.23. The van der Waals surface area contributed by atoms with E-state index in [2.05, 4.69) is 5.32 Å². The van der Waals surface area contributed by atoms with Crippen LogP contribution in [-0.2, 0) is 19.3 Å². The number of anilines is 3. The SMILES string of the molecule is O=C(CN1C(=O)[C@]2(SCC(=O)N2c2ccc(F)cc2)c2ccccc21)Nc1cccc(Cl)c1. The van der Waals surface area contributed by atoms with Gasteiger partial charge in [-0.05, 0) is 48.5 Å². The zero-order chi connectivity index (χ0) is 23.2. The number of hydrogen-bond acceptors (Lipinski definition) is 4. The molecule has 2 aliphatic heterocycles. The van der Waals surface area contributed by atoms with Crippen molar-refractivity contribution in [2.75, 3.05) is 27.4 Å². The minimum atomic E-state index is -1.36. The Bertz CT molecular complexity index is 1290. The van der Waals surface area contributed by atoms with Gasteiger partial charge in [-0.3, -0.25) is 24.2 Å². The highest BCUT2D eigenvalue weighted by atomic mass is 35.5. The second-order valence-corrected chi connectivity index (χ2v) is 9.21. The van der Waals surface area contributed by atoms with Crippen molar-refractivity contribution in [3.05, 3.63) is 89.2 Å². The van der Waals surface area contributed by atoms with E-state index in [1.54, 1.807) is 48.5 Å². The molecule has 1 fully saturated rings. The Morgan fingerprint density at radius 3 is 2.58 bits per heavy atom. The number of halogens is 2. The first kappa shape index (κ1) is 21.5. The summed E-state index contributed by atoms with van der Waals surface area (Å²) < 4.78 is 13.5. The first-order valence-electron chi connectivity index (χ1n) is 10.1. The second kappa shape index (κ2) is 8.20. The Kier molecular flexibility index (Phi) is 5.34. The number of thioether (sulfide) groups is 1. The van der Waals surface area contributed by atoms with Gasteiger partial charge < -0.3 is 5.32 Å². The Labute approximate surface area is 198 Å². The minimum absolute atomic E-state index is 0.0833. The van der Waals surface area contributed by atoms with Crippen LogP contribution in [-0.4, -0.2) is 30.0 Å². The fourth-order valence-corrected chi connectivity index (χ4v) is 5.76. The molecule has 0 bridgehead atoms. The zero-order valence-electron chi connectivity index (χ0n) is 17.1. The van der Waals surface area contributed by atoms with E-state index in [4.69, 9.17) is 11.6 Å². The summed E-state index contributed by atoms with van der Waals surface area (Å²) in [5.41, 5.74) is 2.10. The number of carbonyl (C=O) groups is 3. The van der Waals surface area contributed by atoms with Gasteiger partial charge in [0.25, 0.3) is 5.91 Å². The minimum Gasteiger partial charge on any atom is -0.324 e. The van der Waals surface area contributed by atoms with Gasteiger partial charge in [0, 0.05) is 22.0 Å². The van der Waals surface area contributed by atoms with Crippen molar-refractivity contribution in [3.63, 3.8) is 0 Å². The monoisotopic (exact) mass is 481 g/mol. The van der Waals surface area contributed by atoms with Crippen LogP contribution in [0.5, 0.6) is 0 Å². The number of fused-ring (bicyclic) bond motifs is 2. The average Bonchev–Trinajstić information content (AvgIpc) is 3.26. The molecule has 0 aliphatic carbocycles. The maximum Gasteiger partial charge on any atom is 0.269 e. The molecule has 6 nitrogen and oxygen atoms in total. The van der Waals surface area contributed by atoms with Crippen LogP contribution in [0.25, 0.3) is 0 Å². The highest BCUT2D eigenvalue weighted by molar-refractivity contribution is 8.02. The van der Waals surface area contributed by atoms with Crippen molar-refractivity contribution in [1.29, 1.82) is 0 Å². The molecule has 33 heavy (non-hydrogen) atoms. The molecule has 1 N–H and O–H groups in total. The van der Waals surface area contributed by atoms with Crippen molar-refractivity contribution < 1.29 is 18.8 Å². The van der Waals surface area contributed by atoms with Crippen LogP contribution in [0.3, 0.4) is 0 Å². The van der Waals surface area contributed by atoms with E-state index in [1.807, 2.05) is 0 Å². The molecule has 3 amide bonds. The van der Waals surface area contributed by atoms with Crippen molar-refractivity contribution in [2.45, 2.75) is 4.87 Å². The van der Waals surface area contributed by atoms with E-state index < -0.39 is 22.5 Å². The van der Waals surface area contributed by atoms with Crippen LogP contribution in [0, 0.1) is 5.82 Å². The van der Waals surface area contributed by atoms with Gasteiger partial charge in [-0.15, -0.1) is 11.8 Å². The van der Waals surface area contributed by atoms with Gasteiger partial charge in [-0.1, -0.05) is 35.9 Å². The number of carbonyl (C=O) groups excluding carboxylic acids is 3. The van der Waals surface area contributed by atoms with Gasteiger partial charge in [0.2, 0.25) is 16.7 Å². The summed E-state index contributed by atoms with van der Waals surface area (Å²) in [5.74, 6) is -1.42.